The molecule has 1 fully saturated rings. The minimum atomic E-state index is -0.0521. The topological polar surface area (TPSA) is 80.1 Å². The highest BCUT2D eigenvalue weighted by molar-refractivity contribution is 6.07. The van der Waals surface area contributed by atoms with Gasteiger partial charge in [0.15, 0.2) is 0 Å². The number of aromatic amines is 1. The number of hydrogen-bond donors (Lipinski definition) is 3. The number of benzene rings is 1. The summed E-state index contributed by atoms with van der Waals surface area (Å²) in [4.78, 5) is 15.4. The first-order valence-corrected chi connectivity index (χ1v) is 6.49. The first kappa shape index (κ1) is 12.0. The summed E-state index contributed by atoms with van der Waals surface area (Å²) in [6.45, 7) is 1.43. The van der Waals surface area contributed by atoms with Crippen molar-refractivity contribution in [2.45, 2.75) is 18.9 Å². The maximum Gasteiger partial charge on any atom is 0.253 e. The van der Waals surface area contributed by atoms with Crippen molar-refractivity contribution >= 4 is 22.5 Å². The average Bonchev–Trinajstić information content (AvgIpc) is 2.82. The molecule has 0 radical (unpaired) electrons. The molecule has 0 spiro atoms. The molecular formula is C14H17N3O2. The molecular weight excluding hydrogens is 242 g/mol. The van der Waals surface area contributed by atoms with Crippen LogP contribution >= 0.6 is 0 Å². The third-order valence-electron chi connectivity index (χ3n) is 3.51. The van der Waals surface area contributed by atoms with Gasteiger partial charge in [-0.05, 0) is 31.0 Å². The number of fused-ring (bicyclic) bond motifs is 1. The Balaban J connectivity index is 1.82. The van der Waals surface area contributed by atoms with Crippen LogP contribution < -0.4 is 11.1 Å². The second kappa shape index (κ2) is 4.93. The van der Waals surface area contributed by atoms with E-state index >= 15 is 0 Å². The van der Waals surface area contributed by atoms with E-state index < -0.39 is 0 Å². The van der Waals surface area contributed by atoms with Crippen LogP contribution in [-0.2, 0) is 4.74 Å². The highest BCUT2D eigenvalue weighted by Gasteiger charge is 2.19. The van der Waals surface area contributed by atoms with E-state index in [4.69, 9.17) is 10.5 Å². The van der Waals surface area contributed by atoms with Gasteiger partial charge in [-0.25, -0.2) is 0 Å². The Hall–Kier alpha value is -2.01. The standard InChI is InChI=1S/C14H17N3O2/c15-9-1-2-13-11(7-9)12(8-16-13)14(18)17-10-3-5-19-6-4-10/h1-2,7-8,10,16H,3-6,15H2,(H,17,18). The minimum Gasteiger partial charge on any atom is -0.399 e. The Morgan fingerprint density at radius 1 is 1.37 bits per heavy atom. The van der Waals surface area contributed by atoms with Gasteiger partial charge in [0, 0.05) is 42.0 Å². The van der Waals surface area contributed by atoms with Crippen molar-refractivity contribution in [1.82, 2.24) is 10.3 Å². The highest BCUT2D eigenvalue weighted by atomic mass is 16.5. The monoisotopic (exact) mass is 259 g/mol. The maximum absolute atomic E-state index is 12.3. The zero-order chi connectivity index (χ0) is 13.2. The molecule has 1 aliphatic rings. The van der Waals surface area contributed by atoms with E-state index in [1.165, 1.54) is 0 Å². The van der Waals surface area contributed by atoms with E-state index in [2.05, 4.69) is 10.3 Å². The smallest absolute Gasteiger partial charge is 0.253 e. The summed E-state index contributed by atoms with van der Waals surface area (Å²) in [7, 11) is 0. The fourth-order valence-electron chi connectivity index (χ4n) is 2.43. The summed E-state index contributed by atoms with van der Waals surface area (Å²) in [6.07, 6.45) is 3.48. The van der Waals surface area contributed by atoms with Gasteiger partial charge in [0.1, 0.15) is 0 Å². The zero-order valence-corrected chi connectivity index (χ0v) is 10.6. The van der Waals surface area contributed by atoms with E-state index in [-0.39, 0.29) is 11.9 Å². The third-order valence-corrected chi connectivity index (χ3v) is 3.51. The lowest BCUT2D eigenvalue weighted by molar-refractivity contribution is 0.0697. The number of anilines is 1. The van der Waals surface area contributed by atoms with Gasteiger partial charge in [0.25, 0.3) is 5.91 Å². The van der Waals surface area contributed by atoms with Crippen molar-refractivity contribution in [2.24, 2.45) is 0 Å². The molecule has 1 aromatic heterocycles. The van der Waals surface area contributed by atoms with Gasteiger partial charge in [-0.15, -0.1) is 0 Å². The predicted octanol–water partition coefficient (Wildman–Crippen LogP) is 1.66. The number of rotatable bonds is 2. The molecule has 2 aromatic rings. The number of nitrogen functional groups attached to an aromatic ring is 1. The molecule has 0 atom stereocenters. The summed E-state index contributed by atoms with van der Waals surface area (Å²) < 4.78 is 5.28. The summed E-state index contributed by atoms with van der Waals surface area (Å²) >= 11 is 0. The number of carbonyl (C=O) groups excluding carboxylic acids is 1. The van der Waals surface area contributed by atoms with Crippen LogP contribution in [0.25, 0.3) is 10.9 Å². The van der Waals surface area contributed by atoms with Crippen LogP contribution in [0.15, 0.2) is 24.4 Å². The molecule has 4 N–H and O–H groups in total. The van der Waals surface area contributed by atoms with Crippen LogP contribution in [0.3, 0.4) is 0 Å². The van der Waals surface area contributed by atoms with Gasteiger partial charge in [0.2, 0.25) is 0 Å². The highest BCUT2D eigenvalue weighted by Crippen LogP contribution is 2.21. The summed E-state index contributed by atoms with van der Waals surface area (Å²) in [5.74, 6) is -0.0521. The van der Waals surface area contributed by atoms with Gasteiger partial charge in [0.05, 0.1) is 5.56 Å². The SMILES string of the molecule is Nc1ccc2[nH]cc(C(=O)NC3CCOCC3)c2c1. The second-order valence-corrected chi connectivity index (χ2v) is 4.87. The van der Waals surface area contributed by atoms with Crippen LogP contribution in [0.1, 0.15) is 23.2 Å². The lowest BCUT2D eigenvalue weighted by atomic mass is 10.1. The molecule has 19 heavy (non-hydrogen) atoms. The Morgan fingerprint density at radius 2 is 2.16 bits per heavy atom. The molecule has 0 bridgehead atoms. The van der Waals surface area contributed by atoms with Crippen molar-refractivity contribution in [3.63, 3.8) is 0 Å². The van der Waals surface area contributed by atoms with Crippen LogP contribution in [0, 0.1) is 0 Å². The Bertz CT molecular complexity index is 600. The molecule has 3 rings (SSSR count). The van der Waals surface area contributed by atoms with Crippen molar-refractivity contribution in [2.75, 3.05) is 18.9 Å². The van der Waals surface area contributed by atoms with Gasteiger partial charge >= 0.3 is 0 Å². The van der Waals surface area contributed by atoms with Crippen LogP contribution in [0.5, 0.6) is 0 Å². The summed E-state index contributed by atoms with van der Waals surface area (Å²) in [5, 5.41) is 3.92. The van der Waals surface area contributed by atoms with E-state index in [0.717, 1.165) is 23.7 Å². The largest absolute Gasteiger partial charge is 0.399 e. The molecule has 1 aromatic carbocycles. The molecule has 1 aliphatic heterocycles. The van der Waals surface area contributed by atoms with E-state index in [1.807, 2.05) is 18.2 Å². The fraction of sp³-hybridized carbons (Fsp3) is 0.357. The van der Waals surface area contributed by atoms with Gasteiger partial charge in [-0.1, -0.05) is 0 Å². The van der Waals surface area contributed by atoms with Gasteiger partial charge in [-0.3, -0.25) is 4.79 Å². The molecule has 0 saturated carbocycles. The van der Waals surface area contributed by atoms with Crippen LogP contribution in [0.2, 0.25) is 0 Å². The third kappa shape index (κ3) is 2.42. The van der Waals surface area contributed by atoms with Gasteiger partial charge in [-0.2, -0.15) is 0 Å². The molecule has 0 unspecified atom stereocenters. The lowest BCUT2D eigenvalue weighted by Gasteiger charge is -2.22. The molecule has 0 aliphatic carbocycles. The summed E-state index contributed by atoms with van der Waals surface area (Å²) in [6, 6.07) is 5.73. The molecule has 1 amide bonds. The maximum atomic E-state index is 12.3. The molecule has 100 valence electrons. The number of nitrogens with one attached hydrogen (secondary N) is 2. The molecule has 1 saturated heterocycles. The first-order chi connectivity index (χ1) is 9.24. The number of nitrogens with two attached hydrogens (primary N) is 1. The van der Waals surface area contributed by atoms with Crippen molar-refractivity contribution in [1.29, 1.82) is 0 Å². The van der Waals surface area contributed by atoms with Crippen molar-refractivity contribution in [3.8, 4) is 0 Å². The Kier molecular flexibility index (Phi) is 3.13. The molecule has 2 heterocycles. The molecule has 5 nitrogen and oxygen atoms in total. The zero-order valence-electron chi connectivity index (χ0n) is 10.6. The number of carbonyl (C=O) groups is 1. The second-order valence-electron chi connectivity index (χ2n) is 4.87. The van der Waals surface area contributed by atoms with E-state index in [1.54, 1.807) is 6.20 Å². The first-order valence-electron chi connectivity index (χ1n) is 6.49. The van der Waals surface area contributed by atoms with Crippen molar-refractivity contribution in [3.05, 3.63) is 30.0 Å². The lowest BCUT2D eigenvalue weighted by Crippen LogP contribution is -2.38. The number of amides is 1. The Morgan fingerprint density at radius 3 is 2.95 bits per heavy atom. The fourth-order valence-corrected chi connectivity index (χ4v) is 2.43. The number of hydrogen-bond acceptors (Lipinski definition) is 3. The number of aromatic nitrogens is 1. The van der Waals surface area contributed by atoms with Crippen LogP contribution in [-0.4, -0.2) is 30.1 Å². The van der Waals surface area contributed by atoms with Gasteiger partial charge < -0.3 is 20.8 Å². The number of H-pyrrole nitrogens is 1. The summed E-state index contributed by atoms with van der Waals surface area (Å²) in [5.41, 5.74) is 8.00. The van der Waals surface area contributed by atoms with E-state index in [9.17, 15) is 4.79 Å². The normalized spacial score (nSPS) is 16.6. The Labute approximate surface area is 111 Å². The average molecular weight is 259 g/mol. The number of ether oxygens (including phenoxy) is 1. The molecule has 5 heteroatoms. The minimum absolute atomic E-state index is 0.0521. The van der Waals surface area contributed by atoms with Crippen molar-refractivity contribution < 1.29 is 9.53 Å². The van der Waals surface area contributed by atoms with Crippen LogP contribution in [0.4, 0.5) is 5.69 Å². The van der Waals surface area contributed by atoms with E-state index in [0.29, 0.717) is 24.5 Å². The predicted molar refractivity (Wildman–Crippen MR) is 74.0 cm³/mol. The quantitative estimate of drug-likeness (QED) is 0.717.